The summed E-state index contributed by atoms with van der Waals surface area (Å²) in [5.74, 6) is 0.735. The molecule has 148 valence electrons. The number of hydrogen-bond donors (Lipinski definition) is 1. The molecule has 1 atom stereocenters. The third-order valence-electron chi connectivity index (χ3n) is 5.35. The number of ether oxygens (including phenoxy) is 1. The SMILES string of the molecule is CC(C)CCN1CCN(Cc2cnc(N3CCOCC3)s2)CC1CCO. The zero-order valence-corrected chi connectivity index (χ0v) is 17.1. The van der Waals surface area contributed by atoms with Crippen LogP contribution >= 0.6 is 11.3 Å². The van der Waals surface area contributed by atoms with E-state index in [0.29, 0.717) is 6.04 Å². The first-order chi connectivity index (χ1) is 12.7. The van der Waals surface area contributed by atoms with Crippen molar-refractivity contribution in [2.24, 2.45) is 5.92 Å². The average Bonchev–Trinajstić information content (AvgIpc) is 3.10. The summed E-state index contributed by atoms with van der Waals surface area (Å²) in [4.78, 5) is 13.4. The topological polar surface area (TPSA) is 52.1 Å². The quantitative estimate of drug-likeness (QED) is 0.741. The third-order valence-corrected chi connectivity index (χ3v) is 6.39. The zero-order chi connectivity index (χ0) is 18.4. The van der Waals surface area contributed by atoms with Crippen molar-refractivity contribution in [3.8, 4) is 0 Å². The van der Waals surface area contributed by atoms with Gasteiger partial charge in [0.2, 0.25) is 0 Å². The molecule has 6 nitrogen and oxygen atoms in total. The zero-order valence-electron chi connectivity index (χ0n) is 16.3. The Morgan fingerprint density at radius 2 is 2.08 bits per heavy atom. The van der Waals surface area contributed by atoms with Crippen LogP contribution in [0.15, 0.2) is 6.20 Å². The molecule has 1 aromatic rings. The van der Waals surface area contributed by atoms with Crippen LogP contribution in [0.1, 0.15) is 31.6 Å². The van der Waals surface area contributed by atoms with Crippen molar-refractivity contribution in [1.29, 1.82) is 0 Å². The van der Waals surface area contributed by atoms with Crippen molar-refractivity contribution >= 4 is 16.5 Å². The summed E-state index contributed by atoms with van der Waals surface area (Å²) >= 11 is 1.82. The number of thiazole rings is 1. The molecule has 2 saturated heterocycles. The number of nitrogens with zero attached hydrogens (tertiary/aromatic N) is 4. The van der Waals surface area contributed by atoms with Crippen LogP contribution in [0.3, 0.4) is 0 Å². The summed E-state index contributed by atoms with van der Waals surface area (Å²) < 4.78 is 5.43. The van der Waals surface area contributed by atoms with Gasteiger partial charge in [-0.15, -0.1) is 11.3 Å². The maximum absolute atomic E-state index is 9.47. The molecule has 2 fully saturated rings. The Hall–Kier alpha value is -0.730. The van der Waals surface area contributed by atoms with Crippen LogP contribution in [0.25, 0.3) is 0 Å². The van der Waals surface area contributed by atoms with Crippen LogP contribution in [0, 0.1) is 5.92 Å². The van der Waals surface area contributed by atoms with E-state index in [2.05, 4.69) is 33.5 Å². The largest absolute Gasteiger partial charge is 0.396 e. The second-order valence-electron chi connectivity index (χ2n) is 7.83. The number of hydrogen-bond acceptors (Lipinski definition) is 7. The predicted octanol–water partition coefficient (Wildman–Crippen LogP) is 1.89. The lowest BCUT2D eigenvalue weighted by atomic mass is 10.1. The molecule has 0 aliphatic carbocycles. The van der Waals surface area contributed by atoms with Gasteiger partial charge in [-0.05, 0) is 25.3 Å². The van der Waals surface area contributed by atoms with Gasteiger partial charge in [0.25, 0.3) is 0 Å². The highest BCUT2D eigenvalue weighted by Crippen LogP contribution is 2.25. The number of anilines is 1. The molecule has 0 aromatic carbocycles. The van der Waals surface area contributed by atoms with E-state index >= 15 is 0 Å². The number of aliphatic hydroxyl groups is 1. The van der Waals surface area contributed by atoms with E-state index in [1.165, 1.54) is 11.3 Å². The van der Waals surface area contributed by atoms with Crippen LogP contribution < -0.4 is 4.90 Å². The smallest absolute Gasteiger partial charge is 0.185 e. The van der Waals surface area contributed by atoms with Gasteiger partial charge in [-0.1, -0.05) is 13.8 Å². The van der Waals surface area contributed by atoms with Crippen LogP contribution in [0.5, 0.6) is 0 Å². The second-order valence-corrected chi connectivity index (χ2v) is 8.92. The number of morpholine rings is 1. The van der Waals surface area contributed by atoms with Crippen LogP contribution in [-0.2, 0) is 11.3 Å². The molecule has 1 N–H and O–H groups in total. The lowest BCUT2D eigenvalue weighted by molar-refractivity contribution is 0.0528. The fraction of sp³-hybridized carbons (Fsp3) is 0.842. The summed E-state index contributed by atoms with van der Waals surface area (Å²) in [6, 6.07) is 0.471. The molecule has 2 aliphatic rings. The minimum absolute atomic E-state index is 0.276. The van der Waals surface area contributed by atoms with Crippen LogP contribution in [0.2, 0.25) is 0 Å². The Bertz CT molecular complexity index is 533. The van der Waals surface area contributed by atoms with Gasteiger partial charge in [-0.2, -0.15) is 0 Å². The first kappa shape index (κ1) is 20.0. The molecular weight excluding hydrogens is 348 g/mol. The monoisotopic (exact) mass is 382 g/mol. The van der Waals surface area contributed by atoms with Crippen molar-refractivity contribution in [1.82, 2.24) is 14.8 Å². The molecule has 3 heterocycles. The van der Waals surface area contributed by atoms with Crippen LogP contribution in [-0.4, -0.2) is 85.0 Å². The molecule has 2 aliphatic heterocycles. The molecular formula is C19H34N4O2S. The van der Waals surface area contributed by atoms with Gasteiger partial charge >= 0.3 is 0 Å². The summed E-state index contributed by atoms with van der Waals surface area (Å²) in [5.41, 5.74) is 0. The molecule has 0 amide bonds. The fourth-order valence-electron chi connectivity index (χ4n) is 3.73. The van der Waals surface area contributed by atoms with Crippen molar-refractivity contribution in [3.63, 3.8) is 0 Å². The Labute approximate surface area is 161 Å². The predicted molar refractivity (Wildman–Crippen MR) is 107 cm³/mol. The van der Waals surface area contributed by atoms with Gasteiger partial charge in [0.05, 0.1) is 13.2 Å². The number of aliphatic hydroxyl groups excluding tert-OH is 1. The standard InChI is InChI=1S/C19H34N4O2S/c1-16(2)3-5-22-7-6-21(14-17(22)4-10-24)15-18-13-20-19(26-18)23-8-11-25-12-9-23/h13,16-17,24H,3-12,14-15H2,1-2H3. The molecule has 0 bridgehead atoms. The van der Waals surface area contributed by atoms with Gasteiger partial charge in [0, 0.05) is 63.0 Å². The molecule has 0 spiro atoms. The van der Waals surface area contributed by atoms with Gasteiger partial charge in [-0.25, -0.2) is 4.98 Å². The van der Waals surface area contributed by atoms with Crippen molar-refractivity contribution < 1.29 is 9.84 Å². The second kappa shape index (κ2) is 9.99. The highest BCUT2D eigenvalue weighted by atomic mass is 32.1. The van der Waals surface area contributed by atoms with Crippen molar-refractivity contribution in [2.75, 3.05) is 64.0 Å². The number of rotatable bonds is 8. The lowest BCUT2D eigenvalue weighted by Gasteiger charge is -2.41. The van der Waals surface area contributed by atoms with E-state index in [1.807, 2.05) is 17.5 Å². The third kappa shape index (κ3) is 5.63. The van der Waals surface area contributed by atoms with E-state index in [4.69, 9.17) is 4.74 Å². The van der Waals surface area contributed by atoms with Crippen LogP contribution in [0.4, 0.5) is 5.13 Å². The Morgan fingerprint density at radius 3 is 2.81 bits per heavy atom. The first-order valence-electron chi connectivity index (χ1n) is 10.0. The Kier molecular flexibility index (Phi) is 7.69. The van der Waals surface area contributed by atoms with E-state index in [-0.39, 0.29) is 6.61 Å². The fourth-order valence-corrected chi connectivity index (χ4v) is 4.74. The highest BCUT2D eigenvalue weighted by molar-refractivity contribution is 7.15. The highest BCUT2D eigenvalue weighted by Gasteiger charge is 2.27. The summed E-state index contributed by atoms with van der Waals surface area (Å²) in [7, 11) is 0. The van der Waals surface area contributed by atoms with Gasteiger partial charge in [0.15, 0.2) is 5.13 Å². The maximum atomic E-state index is 9.47. The molecule has 0 radical (unpaired) electrons. The molecule has 1 aromatic heterocycles. The van der Waals surface area contributed by atoms with E-state index in [1.54, 1.807) is 0 Å². The normalized spacial score (nSPS) is 23.1. The maximum Gasteiger partial charge on any atom is 0.185 e. The summed E-state index contributed by atoms with van der Waals surface area (Å²) in [5, 5.41) is 10.6. The minimum atomic E-state index is 0.276. The van der Waals surface area contributed by atoms with E-state index < -0.39 is 0 Å². The van der Waals surface area contributed by atoms with Gasteiger partial charge < -0.3 is 14.7 Å². The Morgan fingerprint density at radius 1 is 1.27 bits per heavy atom. The van der Waals surface area contributed by atoms with E-state index in [0.717, 1.165) is 76.5 Å². The van der Waals surface area contributed by atoms with Gasteiger partial charge in [-0.3, -0.25) is 9.80 Å². The van der Waals surface area contributed by atoms with Crippen molar-refractivity contribution in [3.05, 3.63) is 11.1 Å². The first-order valence-corrected chi connectivity index (χ1v) is 10.8. The summed E-state index contributed by atoms with van der Waals surface area (Å²) in [6.07, 6.45) is 4.15. The average molecular weight is 383 g/mol. The molecule has 0 saturated carbocycles. The van der Waals surface area contributed by atoms with Gasteiger partial charge in [0.1, 0.15) is 0 Å². The Balaban J connectivity index is 1.52. The molecule has 1 unspecified atom stereocenters. The number of piperazine rings is 1. The summed E-state index contributed by atoms with van der Waals surface area (Å²) in [6.45, 7) is 13.7. The van der Waals surface area contributed by atoms with Crippen molar-refractivity contribution in [2.45, 2.75) is 39.3 Å². The lowest BCUT2D eigenvalue weighted by Crippen LogP contribution is -2.53. The van der Waals surface area contributed by atoms with E-state index in [9.17, 15) is 5.11 Å². The molecule has 7 heteroatoms. The number of aromatic nitrogens is 1. The molecule has 26 heavy (non-hydrogen) atoms. The minimum Gasteiger partial charge on any atom is -0.396 e. The molecule has 3 rings (SSSR count).